The third kappa shape index (κ3) is 4.29. The van der Waals surface area contributed by atoms with Crippen molar-refractivity contribution in [2.75, 3.05) is 4.90 Å². The minimum absolute atomic E-state index is 0.0549. The number of para-hydroxylation sites is 1. The van der Waals surface area contributed by atoms with Gasteiger partial charge in [-0.2, -0.15) is 0 Å². The molecule has 2 aliphatic carbocycles. The van der Waals surface area contributed by atoms with Crippen LogP contribution in [0, 0.1) is 0 Å². The van der Waals surface area contributed by atoms with Gasteiger partial charge in [0.2, 0.25) is 0 Å². The first kappa shape index (κ1) is 31.1. The summed E-state index contributed by atoms with van der Waals surface area (Å²) in [6.07, 6.45) is 5.00. The number of rotatable bonds is 5. The Hall–Kier alpha value is -5.66. The lowest BCUT2D eigenvalue weighted by atomic mass is 9.61. The Labute approximate surface area is 308 Å². The Kier molecular flexibility index (Phi) is 6.99. The molecule has 10 rings (SSSR count). The van der Waals surface area contributed by atoms with Gasteiger partial charge >= 0.3 is 0 Å². The van der Waals surface area contributed by atoms with Crippen LogP contribution in [-0.2, 0) is 10.8 Å². The summed E-state index contributed by atoms with van der Waals surface area (Å²) in [5.41, 5.74) is 16.9. The van der Waals surface area contributed by atoms with Crippen LogP contribution in [0.3, 0.4) is 0 Å². The second-order valence-corrected chi connectivity index (χ2v) is 15.6. The second kappa shape index (κ2) is 11.7. The molecule has 1 heteroatoms. The minimum atomic E-state index is -0.397. The van der Waals surface area contributed by atoms with Crippen LogP contribution in [0.1, 0.15) is 67.3 Å². The maximum atomic E-state index is 2.66. The average molecular weight is 670 g/mol. The van der Waals surface area contributed by atoms with Gasteiger partial charge in [0.25, 0.3) is 0 Å². The summed E-state index contributed by atoms with van der Waals surface area (Å²) in [5.74, 6) is 0. The number of benzene rings is 7. The normalized spacial score (nSPS) is 20.8. The summed E-state index contributed by atoms with van der Waals surface area (Å²) >= 11 is 0. The molecule has 1 saturated carbocycles. The SMILES string of the molecule is CC12CCCCC1(C)N(c1ccccc1)c1ccc(-c3ccc(-c4ccc5c(c4)C(c4ccccc4)(c4ccccc4)c4ccccc4-5)cc3)cc12. The fourth-order valence-electron chi connectivity index (χ4n) is 10.4. The van der Waals surface area contributed by atoms with Crippen LogP contribution in [0.2, 0.25) is 0 Å². The van der Waals surface area contributed by atoms with Crippen LogP contribution in [0.15, 0.2) is 176 Å². The van der Waals surface area contributed by atoms with Crippen molar-refractivity contribution >= 4 is 11.4 Å². The van der Waals surface area contributed by atoms with E-state index in [-0.39, 0.29) is 11.0 Å². The van der Waals surface area contributed by atoms with E-state index in [1.165, 1.54) is 98.3 Å². The van der Waals surface area contributed by atoms with Crippen LogP contribution in [0.25, 0.3) is 33.4 Å². The van der Waals surface area contributed by atoms with E-state index in [9.17, 15) is 0 Å². The summed E-state index contributed by atoms with van der Waals surface area (Å²) in [6, 6.07) is 65.8. The zero-order valence-corrected chi connectivity index (χ0v) is 30.0. The highest BCUT2D eigenvalue weighted by molar-refractivity contribution is 5.89. The smallest absolute Gasteiger partial charge is 0.0713 e. The van der Waals surface area contributed by atoms with Crippen molar-refractivity contribution in [3.05, 3.63) is 204 Å². The number of hydrogen-bond acceptors (Lipinski definition) is 1. The van der Waals surface area contributed by atoms with E-state index in [0.29, 0.717) is 0 Å². The van der Waals surface area contributed by atoms with Crippen LogP contribution in [0.5, 0.6) is 0 Å². The molecule has 2 atom stereocenters. The van der Waals surface area contributed by atoms with Crippen molar-refractivity contribution in [1.82, 2.24) is 0 Å². The van der Waals surface area contributed by atoms with Gasteiger partial charge in [0.15, 0.2) is 0 Å². The van der Waals surface area contributed by atoms with E-state index < -0.39 is 5.41 Å². The molecule has 0 spiro atoms. The Morgan fingerprint density at radius 1 is 0.423 bits per heavy atom. The average Bonchev–Trinajstić information content (AvgIpc) is 3.62. The zero-order chi connectivity index (χ0) is 34.9. The maximum absolute atomic E-state index is 2.66. The molecule has 0 bridgehead atoms. The molecule has 1 heterocycles. The summed E-state index contributed by atoms with van der Waals surface area (Å²) in [6.45, 7) is 5.03. The number of hydrogen-bond donors (Lipinski definition) is 0. The molecule has 3 aliphatic rings. The first-order valence-electron chi connectivity index (χ1n) is 19.0. The van der Waals surface area contributed by atoms with Gasteiger partial charge in [-0.25, -0.2) is 0 Å². The third-order valence-electron chi connectivity index (χ3n) is 13.1. The molecule has 0 amide bonds. The third-order valence-corrected chi connectivity index (χ3v) is 13.1. The molecule has 0 saturated heterocycles. The zero-order valence-electron chi connectivity index (χ0n) is 30.0. The molecule has 0 radical (unpaired) electrons. The Bertz CT molecular complexity index is 2390. The number of nitrogens with zero attached hydrogens (tertiary/aromatic N) is 1. The highest BCUT2D eigenvalue weighted by Crippen LogP contribution is 2.61. The summed E-state index contributed by atoms with van der Waals surface area (Å²) in [7, 11) is 0. The summed E-state index contributed by atoms with van der Waals surface area (Å²) in [5, 5.41) is 0. The van der Waals surface area contributed by atoms with Gasteiger partial charge in [-0.3, -0.25) is 0 Å². The number of fused-ring (bicyclic) bond motifs is 6. The molecule has 0 N–H and O–H groups in total. The Balaban J connectivity index is 1.06. The van der Waals surface area contributed by atoms with Gasteiger partial charge in [-0.15, -0.1) is 0 Å². The number of anilines is 2. The van der Waals surface area contributed by atoms with E-state index in [4.69, 9.17) is 0 Å². The monoisotopic (exact) mass is 669 g/mol. The highest BCUT2D eigenvalue weighted by Gasteiger charge is 2.57. The van der Waals surface area contributed by atoms with E-state index in [1.807, 2.05) is 0 Å². The standard InChI is InChI=1S/C51H43N/c1-49-32-14-15-33-50(49,2)52(42-20-10-5-11-21-42)48-31-29-39(35-47(48)49)37-26-24-36(25-27-37)38-28-30-44-43-22-12-13-23-45(43)51(46(44)34-38,40-16-6-3-7-17-40)41-18-8-4-9-19-41/h3-13,16-31,34-35H,14-15,32-33H2,1-2H3. The predicted molar refractivity (Wildman–Crippen MR) is 217 cm³/mol. The van der Waals surface area contributed by atoms with Gasteiger partial charge in [0.1, 0.15) is 0 Å². The molecule has 7 aromatic rings. The maximum Gasteiger partial charge on any atom is 0.0713 e. The Morgan fingerprint density at radius 3 is 1.58 bits per heavy atom. The van der Waals surface area contributed by atoms with Crippen LogP contribution in [-0.4, -0.2) is 5.54 Å². The summed E-state index contributed by atoms with van der Waals surface area (Å²) < 4.78 is 0. The molecule has 1 aliphatic heterocycles. The van der Waals surface area contributed by atoms with E-state index >= 15 is 0 Å². The van der Waals surface area contributed by atoms with Gasteiger partial charge in [-0.1, -0.05) is 165 Å². The fraction of sp³-hybridized carbons (Fsp3) is 0.176. The lowest BCUT2D eigenvalue weighted by Crippen LogP contribution is -2.54. The van der Waals surface area contributed by atoms with Crippen LogP contribution in [0.4, 0.5) is 11.4 Å². The lowest BCUT2D eigenvalue weighted by molar-refractivity contribution is 0.195. The molecule has 0 aromatic heterocycles. The summed E-state index contributed by atoms with van der Waals surface area (Å²) in [4.78, 5) is 2.66. The van der Waals surface area contributed by atoms with Gasteiger partial charge in [-0.05, 0) is 111 Å². The first-order valence-corrected chi connectivity index (χ1v) is 19.0. The highest BCUT2D eigenvalue weighted by atomic mass is 15.3. The fourth-order valence-corrected chi connectivity index (χ4v) is 10.4. The van der Waals surface area contributed by atoms with E-state index in [0.717, 1.165) is 0 Å². The van der Waals surface area contributed by atoms with Gasteiger partial charge in [0, 0.05) is 16.8 Å². The second-order valence-electron chi connectivity index (χ2n) is 15.6. The van der Waals surface area contributed by atoms with Crippen molar-refractivity contribution in [3.63, 3.8) is 0 Å². The van der Waals surface area contributed by atoms with Crippen molar-refractivity contribution in [3.8, 4) is 33.4 Å². The predicted octanol–water partition coefficient (Wildman–Crippen LogP) is 13.1. The Morgan fingerprint density at radius 2 is 0.923 bits per heavy atom. The minimum Gasteiger partial charge on any atom is -0.334 e. The van der Waals surface area contributed by atoms with Gasteiger partial charge in [0.05, 0.1) is 11.0 Å². The van der Waals surface area contributed by atoms with E-state index in [2.05, 4.69) is 195 Å². The molecule has 7 aromatic carbocycles. The van der Waals surface area contributed by atoms with Crippen LogP contribution >= 0.6 is 0 Å². The lowest BCUT2D eigenvalue weighted by Gasteiger charge is -2.50. The molecule has 1 nitrogen and oxygen atoms in total. The van der Waals surface area contributed by atoms with Crippen LogP contribution < -0.4 is 4.90 Å². The topological polar surface area (TPSA) is 3.24 Å². The quantitative estimate of drug-likeness (QED) is 0.176. The molecule has 2 unspecified atom stereocenters. The van der Waals surface area contributed by atoms with Crippen molar-refractivity contribution in [2.24, 2.45) is 0 Å². The molecular formula is C51H43N. The van der Waals surface area contributed by atoms with Gasteiger partial charge < -0.3 is 4.90 Å². The van der Waals surface area contributed by atoms with Crippen molar-refractivity contribution < 1.29 is 0 Å². The largest absolute Gasteiger partial charge is 0.334 e. The van der Waals surface area contributed by atoms with E-state index in [1.54, 1.807) is 0 Å². The van der Waals surface area contributed by atoms with Crippen molar-refractivity contribution in [2.45, 2.75) is 55.9 Å². The molecule has 252 valence electrons. The first-order chi connectivity index (χ1) is 25.5. The molecular weight excluding hydrogens is 627 g/mol. The molecule has 1 fully saturated rings. The van der Waals surface area contributed by atoms with Crippen molar-refractivity contribution in [1.29, 1.82) is 0 Å². The molecule has 52 heavy (non-hydrogen) atoms.